The summed E-state index contributed by atoms with van der Waals surface area (Å²) >= 11 is 0. The molecule has 1 N–H and O–H groups in total. The van der Waals surface area contributed by atoms with Crippen molar-refractivity contribution in [3.8, 4) is 0 Å². The van der Waals surface area contributed by atoms with Crippen molar-refractivity contribution in [1.82, 2.24) is 4.90 Å². The monoisotopic (exact) mass is 225 g/mol. The van der Waals surface area contributed by atoms with Crippen LogP contribution in [0.5, 0.6) is 0 Å². The number of hydrogen-bond acceptors (Lipinski definition) is 4. The zero-order valence-electron chi connectivity index (χ0n) is 9.80. The Balaban J connectivity index is 2.08. The molecule has 2 atom stereocenters. The van der Waals surface area contributed by atoms with Gasteiger partial charge in [-0.1, -0.05) is 13.8 Å². The van der Waals surface area contributed by atoms with Gasteiger partial charge in [-0.25, -0.2) is 0 Å². The SMILES string of the molecule is CC(C)CN1CC(CO)OC1c1ccco1. The van der Waals surface area contributed by atoms with Crippen LogP contribution >= 0.6 is 0 Å². The third kappa shape index (κ3) is 2.45. The van der Waals surface area contributed by atoms with Gasteiger partial charge < -0.3 is 14.3 Å². The fourth-order valence-corrected chi connectivity index (χ4v) is 2.09. The van der Waals surface area contributed by atoms with Crippen molar-refractivity contribution in [3.63, 3.8) is 0 Å². The fraction of sp³-hybridized carbons (Fsp3) is 0.667. The van der Waals surface area contributed by atoms with Gasteiger partial charge in [0.05, 0.1) is 19.0 Å². The van der Waals surface area contributed by atoms with Crippen molar-refractivity contribution >= 4 is 0 Å². The van der Waals surface area contributed by atoms with Crippen LogP contribution in [-0.4, -0.2) is 35.8 Å². The van der Waals surface area contributed by atoms with Gasteiger partial charge in [-0.15, -0.1) is 0 Å². The van der Waals surface area contributed by atoms with E-state index in [0.717, 1.165) is 18.8 Å². The molecule has 1 fully saturated rings. The van der Waals surface area contributed by atoms with E-state index in [1.54, 1.807) is 6.26 Å². The normalized spacial score (nSPS) is 26.8. The molecule has 1 aliphatic rings. The first-order chi connectivity index (χ1) is 7.70. The van der Waals surface area contributed by atoms with Crippen LogP contribution in [0.2, 0.25) is 0 Å². The molecule has 0 saturated carbocycles. The topological polar surface area (TPSA) is 45.8 Å². The van der Waals surface area contributed by atoms with Crippen LogP contribution in [0.25, 0.3) is 0 Å². The van der Waals surface area contributed by atoms with Crippen LogP contribution < -0.4 is 0 Å². The lowest BCUT2D eigenvalue weighted by atomic mass is 10.2. The number of furan rings is 1. The molecule has 4 nitrogen and oxygen atoms in total. The average molecular weight is 225 g/mol. The molecule has 0 amide bonds. The van der Waals surface area contributed by atoms with E-state index in [2.05, 4.69) is 18.7 Å². The minimum absolute atomic E-state index is 0.0613. The average Bonchev–Trinajstić information content (AvgIpc) is 2.84. The summed E-state index contributed by atoms with van der Waals surface area (Å²) in [6.45, 7) is 6.12. The first-order valence-electron chi connectivity index (χ1n) is 5.74. The van der Waals surface area contributed by atoms with E-state index >= 15 is 0 Å². The summed E-state index contributed by atoms with van der Waals surface area (Å²) in [6, 6.07) is 3.77. The predicted octanol–water partition coefficient (Wildman–Crippen LogP) is 1.63. The summed E-state index contributed by atoms with van der Waals surface area (Å²) in [7, 11) is 0. The molecular formula is C12H19NO3. The summed E-state index contributed by atoms with van der Waals surface area (Å²) in [5.41, 5.74) is 0. The predicted molar refractivity (Wildman–Crippen MR) is 59.8 cm³/mol. The Kier molecular flexibility index (Phi) is 3.63. The molecule has 1 aromatic rings. The number of aliphatic hydroxyl groups is 1. The summed E-state index contributed by atoms with van der Waals surface area (Å²) in [4.78, 5) is 2.21. The van der Waals surface area contributed by atoms with Crippen LogP contribution in [-0.2, 0) is 4.74 Å². The lowest BCUT2D eigenvalue weighted by Gasteiger charge is -2.22. The zero-order chi connectivity index (χ0) is 11.5. The highest BCUT2D eigenvalue weighted by atomic mass is 16.5. The first kappa shape index (κ1) is 11.6. The quantitative estimate of drug-likeness (QED) is 0.846. The molecule has 2 rings (SSSR count). The van der Waals surface area contributed by atoms with Crippen molar-refractivity contribution in [2.75, 3.05) is 19.7 Å². The Morgan fingerprint density at radius 1 is 1.56 bits per heavy atom. The number of aliphatic hydroxyl groups excluding tert-OH is 1. The van der Waals surface area contributed by atoms with E-state index < -0.39 is 0 Å². The third-order valence-corrected chi connectivity index (χ3v) is 2.68. The standard InChI is InChI=1S/C12H19NO3/c1-9(2)6-13-7-10(8-14)16-12(13)11-4-3-5-15-11/h3-5,9-10,12,14H,6-8H2,1-2H3. The molecule has 0 aliphatic carbocycles. The molecule has 16 heavy (non-hydrogen) atoms. The van der Waals surface area contributed by atoms with E-state index in [-0.39, 0.29) is 18.9 Å². The maximum atomic E-state index is 9.15. The van der Waals surface area contributed by atoms with E-state index in [9.17, 15) is 0 Å². The van der Waals surface area contributed by atoms with Crippen LogP contribution in [0.15, 0.2) is 22.8 Å². The molecule has 2 heterocycles. The van der Waals surface area contributed by atoms with E-state index in [1.165, 1.54) is 0 Å². The van der Waals surface area contributed by atoms with E-state index in [1.807, 2.05) is 12.1 Å². The van der Waals surface area contributed by atoms with Crippen LogP contribution in [0.3, 0.4) is 0 Å². The molecule has 1 saturated heterocycles. The van der Waals surface area contributed by atoms with Crippen LogP contribution in [0, 0.1) is 5.92 Å². The maximum absolute atomic E-state index is 9.15. The molecule has 0 bridgehead atoms. The third-order valence-electron chi connectivity index (χ3n) is 2.68. The van der Waals surface area contributed by atoms with Gasteiger partial charge in [0, 0.05) is 13.1 Å². The second kappa shape index (κ2) is 4.99. The minimum Gasteiger partial charge on any atom is -0.465 e. The van der Waals surface area contributed by atoms with Gasteiger partial charge in [0.2, 0.25) is 0 Å². The Bertz CT molecular complexity index is 310. The van der Waals surface area contributed by atoms with E-state index in [0.29, 0.717) is 5.92 Å². The summed E-state index contributed by atoms with van der Waals surface area (Å²) in [6.07, 6.45) is 1.40. The van der Waals surface area contributed by atoms with Crippen molar-refractivity contribution in [1.29, 1.82) is 0 Å². The highest BCUT2D eigenvalue weighted by Crippen LogP contribution is 2.30. The van der Waals surface area contributed by atoms with Crippen molar-refractivity contribution in [3.05, 3.63) is 24.2 Å². The van der Waals surface area contributed by atoms with Gasteiger partial charge in [0.1, 0.15) is 5.76 Å². The molecule has 2 unspecified atom stereocenters. The Morgan fingerprint density at radius 3 is 2.94 bits per heavy atom. The van der Waals surface area contributed by atoms with Gasteiger partial charge in [0.25, 0.3) is 0 Å². The second-order valence-electron chi connectivity index (χ2n) is 4.66. The lowest BCUT2D eigenvalue weighted by Crippen LogP contribution is -2.29. The lowest BCUT2D eigenvalue weighted by molar-refractivity contribution is -0.0336. The molecule has 1 aromatic heterocycles. The van der Waals surface area contributed by atoms with Crippen LogP contribution in [0.4, 0.5) is 0 Å². The molecule has 1 aliphatic heterocycles. The molecular weight excluding hydrogens is 206 g/mol. The second-order valence-corrected chi connectivity index (χ2v) is 4.66. The highest BCUT2D eigenvalue weighted by Gasteiger charge is 2.35. The van der Waals surface area contributed by atoms with Gasteiger partial charge in [0.15, 0.2) is 6.23 Å². The Morgan fingerprint density at radius 2 is 2.38 bits per heavy atom. The number of hydrogen-bond donors (Lipinski definition) is 1. The van der Waals surface area contributed by atoms with Gasteiger partial charge in [-0.3, -0.25) is 4.90 Å². The first-order valence-corrected chi connectivity index (χ1v) is 5.74. The molecule has 90 valence electrons. The number of nitrogens with zero attached hydrogens (tertiary/aromatic N) is 1. The summed E-state index contributed by atoms with van der Waals surface area (Å²) in [5.74, 6) is 1.38. The Hall–Kier alpha value is -0.840. The van der Waals surface area contributed by atoms with Gasteiger partial charge in [-0.2, -0.15) is 0 Å². The zero-order valence-corrected chi connectivity index (χ0v) is 9.80. The largest absolute Gasteiger partial charge is 0.465 e. The van der Waals surface area contributed by atoms with Crippen LogP contribution in [0.1, 0.15) is 25.8 Å². The minimum atomic E-state index is -0.144. The number of ether oxygens (including phenoxy) is 1. The smallest absolute Gasteiger partial charge is 0.170 e. The molecule has 0 aromatic carbocycles. The highest BCUT2D eigenvalue weighted by molar-refractivity contribution is 5.04. The maximum Gasteiger partial charge on any atom is 0.170 e. The van der Waals surface area contributed by atoms with Gasteiger partial charge >= 0.3 is 0 Å². The van der Waals surface area contributed by atoms with Crippen molar-refractivity contribution in [2.24, 2.45) is 5.92 Å². The molecule has 0 radical (unpaired) electrons. The summed E-state index contributed by atoms with van der Waals surface area (Å²) < 4.78 is 11.1. The molecule has 4 heteroatoms. The van der Waals surface area contributed by atoms with E-state index in [4.69, 9.17) is 14.3 Å². The number of rotatable bonds is 4. The Labute approximate surface area is 95.8 Å². The molecule has 0 spiro atoms. The van der Waals surface area contributed by atoms with Gasteiger partial charge in [-0.05, 0) is 18.1 Å². The van der Waals surface area contributed by atoms with Crippen molar-refractivity contribution in [2.45, 2.75) is 26.2 Å². The fourth-order valence-electron chi connectivity index (χ4n) is 2.09. The summed E-state index contributed by atoms with van der Waals surface area (Å²) in [5, 5.41) is 9.15. The van der Waals surface area contributed by atoms with Crippen molar-refractivity contribution < 1.29 is 14.3 Å².